The van der Waals surface area contributed by atoms with E-state index in [1.54, 1.807) is 0 Å². The highest BCUT2D eigenvalue weighted by Crippen LogP contribution is 2.29. The fourth-order valence-electron chi connectivity index (χ4n) is 2.63. The van der Waals surface area contributed by atoms with E-state index in [2.05, 4.69) is 29.2 Å². The molecular weight excluding hydrogens is 277 g/mol. The maximum absolute atomic E-state index is 6.08. The lowest BCUT2D eigenvalue weighted by Gasteiger charge is -2.31. The van der Waals surface area contributed by atoms with E-state index in [0.717, 1.165) is 13.1 Å². The second kappa shape index (κ2) is 5.44. The molecule has 0 N–H and O–H groups in total. The Labute approximate surface area is 123 Å². The highest BCUT2D eigenvalue weighted by molar-refractivity contribution is 6.42. The monoisotopic (exact) mass is 291 g/mol. The molecule has 1 aliphatic rings. The number of para-hydroxylation sites is 1. The van der Waals surface area contributed by atoms with Crippen molar-refractivity contribution in [2.75, 3.05) is 11.4 Å². The van der Waals surface area contributed by atoms with Crippen LogP contribution >= 0.6 is 23.2 Å². The first kappa shape index (κ1) is 12.8. The molecule has 0 aliphatic carbocycles. The summed E-state index contributed by atoms with van der Waals surface area (Å²) < 4.78 is 0. The number of fused-ring (bicyclic) bond motifs is 1. The van der Waals surface area contributed by atoms with Gasteiger partial charge in [-0.15, -0.1) is 0 Å². The molecular formula is C16H15Cl2N. The summed E-state index contributed by atoms with van der Waals surface area (Å²) in [5.41, 5.74) is 3.99. The van der Waals surface area contributed by atoms with Crippen LogP contribution in [-0.4, -0.2) is 6.54 Å². The number of hydrogen-bond donors (Lipinski definition) is 0. The van der Waals surface area contributed by atoms with Crippen molar-refractivity contribution < 1.29 is 0 Å². The van der Waals surface area contributed by atoms with E-state index < -0.39 is 0 Å². The summed E-state index contributed by atoms with van der Waals surface area (Å²) in [5.74, 6) is 0. The number of rotatable bonds is 2. The molecule has 0 amide bonds. The molecule has 2 aromatic rings. The zero-order chi connectivity index (χ0) is 13.2. The Morgan fingerprint density at radius 3 is 2.68 bits per heavy atom. The van der Waals surface area contributed by atoms with E-state index in [-0.39, 0.29) is 0 Å². The first-order chi connectivity index (χ1) is 9.24. The van der Waals surface area contributed by atoms with Crippen LogP contribution in [0.3, 0.4) is 0 Å². The van der Waals surface area contributed by atoms with Crippen LogP contribution in [0.1, 0.15) is 17.5 Å². The second-order valence-electron chi connectivity index (χ2n) is 4.90. The molecule has 19 heavy (non-hydrogen) atoms. The lowest BCUT2D eigenvalue weighted by molar-refractivity contribution is 0.691. The maximum Gasteiger partial charge on any atom is 0.0595 e. The number of nitrogens with zero attached hydrogens (tertiary/aromatic N) is 1. The number of hydrogen-bond acceptors (Lipinski definition) is 1. The van der Waals surface area contributed by atoms with Gasteiger partial charge in [-0.05, 0) is 42.2 Å². The fraction of sp³-hybridized carbons (Fsp3) is 0.250. The molecule has 0 bridgehead atoms. The minimum atomic E-state index is 0.615. The molecule has 0 fully saturated rings. The van der Waals surface area contributed by atoms with Gasteiger partial charge in [-0.1, -0.05) is 47.5 Å². The lowest BCUT2D eigenvalue weighted by atomic mass is 10.0. The van der Waals surface area contributed by atoms with Crippen molar-refractivity contribution >= 4 is 28.9 Å². The van der Waals surface area contributed by atoms with Crippen LogP contribution in [0.15, 0.2) is 42.5 Å². The van der Waals surface area contributed by atoms with Gasteiger partial charge in [0.1, 0.15) is 0 Å². The van der Waals surface area contributed by atoms with Gasteiger partial charge in [0, 0.05) is 18.8 Å². The molecule has 0 spiro atoms. The van der Waals surface area contributed by atoms with Gasteiger partial charge >= 0.3 is 0 Å². The van der Waals surface area contributed by atoms with Crippen LogP contribution in [0.2, 0.25) is 10.0 Å². The van der Waals surface area contributed by atoms with Crippen molar-refractivity contribution in [2.24, 2.45) is 0 Å². The molecule has 0 atom stereocenters. The van der Waals surface area contributed by atoms with E-state index in [9.17, 15) is 0 Å². The Morgan fingerprint density at radius 2 is 1.84 bits per heavy atom. The summed E-state index contributed by atoms with van der Waals surface area (Å²) in [6.07, 6.45) is 2.38. The standard InChI is InChI=1S/C16H15Cl2N/c17-14-8-7-12(10-15(14)18)11-19-9-3-5-13-4-1-2-6-16(13)19/h1-2,4,6-8,10H,3,5,9,11H2. The predicted octanol–water partition coefficient (Wildman–Crippen LogP) is 4.95. The van der Waals surface area contributed by atoms with Crippen LogP contribution in [0, 0.1) is 0 Å². The van der Waals surface area contributed by atoms with E-state index in [4.69, 9.17) is 23.2 Å². The Kier molecular flexibility index (Phi) is 3.67. The van der Waals surface area contributed by atoms with Gasteiger partial charge < -0.3 is 4.90 Å². The van der Waals surface area contributed by atoms with Gasteiger partial charge in [0.25, 0.3) is 0 Å². The summed E-state index contributed by atoms with van der Waals surface area (Å²) in [6.45, 7) is 1.98. The third kappa shape index (κ3) is 2.72. The summed E-state index contributed by atoms with van der Waals surface area (Å²) in [4.78, 5) is 2.42. The molecule has 0 unspecified atom stereocenters. The second-order valence-corrected chi connectivity index (χ2v) is 5.72. The van der Waals surface area contributed by atoms with Crippen LogP contribution in [-0.2, 0) is 13.0 Å². The molecule has 0 saturated heterocycles. The van der Waals surface area contributed by atoms with Crippen molar-refractivity contribution in [2.45, 2.75) is 19.4 Å². The average Bonchev–Trinajstić information content (AvgIpc) is 2.43. The molecule has 2 aromatic carbocycles. The zero-order valence-corrected chi connectivity index (χ0v) is 12.1. The molecule has 1 heterocycles. The quantitative estimate of drug-likeness (QED) is 0.757. The predicted molar refractivity (Wildman–Crippen MR) is 82.3 cm³/mol. The summed E-state index contributed by atoms with van der Waals surface area (Å²) in [6, 6.07) is 14.5. The van der Waals surface area contributed by atoms with Crippen LogP contribution < -0.4 is 4.90 Å². The van der Waals surface area contributed by atoms with Gasteiger partial charge in [0.2, 0.25) is 0 Å². The Morgan fingerprint density at radius 1 is 1.00 bits per heavy atom. The molecule has 0 saturated carbocycles. The van der Waals surface area contributed by atoms with Crippen LogP contribution in [0.5, 0.6) is 0 Å². The molecule has 3 rings (SSSR count). The topological polar surface area (TPSA) is 3.24 Å². The van der Waals surface area contributed by atoms with Gasteiger partial charge in [-0.3, -0.25) is 0 Å². The lowest BCUT2D eigenvalue weighted by Crippen LogP contribution is -2.28. The Balaban J connectivity index is 1.86. The van der Waals surface area contributed by atoms with Gasteiger partial charge in [0.15, 0.2) is 0 Å². The third-order valence-corrected chi connectivity index (χ3v) is 4.30. The average molecular weight is 292 g/mol. The molecule has 98 valence electrons. The fourth-order valence-corrected chi connectivity index (χ4v) is 2.95. The minimum Gasteiger partial charge on any atom is -0.367 e. The summed E-state index contributed by atoms with van der Waals surface area (Å²) in [5, 5.41) is 1.24. The van der Waals surface area contributed by atoms with Gasteiger partial charge in [-0.25, -0.2) is 0 Å². The van der Waals surface area contributed by atoms with Crippen LogP contribution in [0.4, 0.5) is 5.69 Å². The normalized spacial score (nSPS) is 14.3. The summed E-state index contributed by atoms with van der Waals surface area (Å²) >= 11 is 12.0. The smallest absolute Gasteiger partial charge is 0.0595 e. The highest BCUT2D eigenvalue weighted by atomic mass is 35.5. The van der Waals surface area contributed by atoms with Gasteiger partial charge in [0.05, 0.1) is 10.0 Å². The van der Waals surface area contributed by atoms with Crippen molar-refractivity contribution in [3.05, 3.63) is 63.6 Å². The maximum atomic E-state index is 6.08. The van der Waals surface area contributed by atoms with Crippen molar-refractivity contribution in [3.8, 4) is 0 Å². The highest BCUT2D eigenvalue weighted by Gasteiger charge is 2.16. The molecule has 1 aliphatic heterocycles. The zero-order valence-electron chi connectivity index (χ0n) is 10.6. The molecule has 3 heteroatoms. The minimum absolute atomic E-state index is 0.615. The largest absolute Gasteiger partial charge is 0.367 e. The van der Waals surface area contributed by atoms with E-state index in [1.165, 1.54) is 29.7 Å². The molecule has 0 radical (unpaired) electrons. The number of benzene rings is 2. The Hall–Kier alpha value is -1.18. The SMILES string of the molecule is Clc1ccc(CN2CCCc3ccccc32)cc1Cl. The third-order valence-electron chi connectivity index (χ3n) is 3.56. The Bertz CT molecular complexity index is 595. The van der Waals surface area contributed by atoms with Crippen molar-refractivity contribution in [1.29, 1.82) is 0 Å². The summed E-state index contributed by atoms with van der Waals surface area (Å²) in [7, 11) is 0. The van der Waals surface area contributed by atoms with Gasteiger partial charge in [-0.2, -0.15) is 0 Å². The molecule has 1 nitrogen and oxygen atoms in total. The van der Waals surface area contributed by atoms with Crippen LogP contribution in [0.25, 0.3) is 0 Å². The van der Waals surface area contributed by atoms with E-state index >= 15 is 0 Å². The van der Waals surface area contributed by atoms with Crippen molar-refractivity contribution in [3.63, 3.8) is 0 Å². The molecule has 0 aromatic heterocycles. The van der Waals surface area contributed by atoms with Crippen molar-refractivity contribution in [1.82, 2.24) is 0 Å². The van der Waals surface area contributed by atoms with E-state index in [0.29, 0.717) is 10.0 Å². The number of aryl methyl sites for hydroxylation is 1. The first-order valence-electron chi connectivity index (χ1n) is 6.51. The first-order valence-corrected chi connectivity index (χ1v) is 7.26. The number of halogens is 2. The number of anilines is 1. The van der Waals surface area contributed by atoms with E-state index in [1.807, 2.05) is 18.2 Å².